The highest BCUT2D eigenvalue weighted by atomic mass is 127. The number of hydrogen-bond acceptors (Lipinski definition) is 1. The fourth-order valence-corrected chi connectivity index (χ4v) is 1.81. The molecule has 0 radical (unpaired) electrons. The Morgan fingerprint density at radius 1 is 1.40 bits per heavy atom. The third-order valence-corrected chi connectivity index (χ3v) is 2.95. The lowest BCUT2D eigenvalue weighted by Gasteiger charge is -2.11. The van der Waals surface area contributed by atoms with Crippen LogP contribution in [0.15, 0.2) is 24.3 Å². The molecule has 0 aliphatic heterocycles. The van der Waals surface area contributed by atoms with Gasteiger partial charge in [0.15, 0.2) is 0 Å². The van der Waals surface area contributed by atoms with E-state index in [0.29, 0.717) is 0 Å². The van der Waals surface area contributed by atoms with E-state index >= 15 is 0 Å². The maximum Gasteiger partial charge on any atom is 0.217 e. The minimum absolute atomic E-state index is 0.0464. The smallest absolute Gasteiger partial charge is 0.217 e. The molecular formula is C12H16INO. The lowest BCUT2D eigenvalue weighted by molar-refractivity contribution is -0.119. The molecule has 0 aliphatic carbocycles. The summed E-state index contributed by atoms with van der Waals surface area (Å²) >= 11 is 2.30. The van der Waals surface area contributed by atoms with Gasteiger partial charge >= 0.3 is 0 Å². The van der Waals surface area contributed by atoms with Crippen molar-refractivity contribution < 1.29 is 4.79 Å². The van der Waals surface area contributed by atoms with Crippen molar-refractivity contribution in [2.45, 2.75) is 32.7 Å². The average Bonchev–Trinajstić information content (AvgIpc) is 2.16. The molecular weight excluding hydrogens is 301 g/mol. The van der Waals surface area contributed by atoms with Gasteiger partial charge in [0.25, 0.3) is 0 Å². The summed E-state index contributed by atoms with van der Waals surface area (Å²) < 4.78 is 1.26. The SMILES string of the molecule is CC(=O)NC(C)CCc1ccc(I)cc1. The standard InChI is InChI=1S/C12H16INO/c1-9(14-10(2)15)3-4-11-5-7-12(13)8-6-11/h5-9H,3-4H2,1-2H3,(H,14,15). The molecule has 0 heterocycles. The minimum Gasteiger partial charge on any atom is -0.354 e. The van der Waals surface area contributed by atoms with Crippen LogP contribution < -0.4 is 5.32 Å². The first kappa shape index (κ1) is 12.5. The van der Waals surface area contributed by atoms with Crippen molar-refractivity contribution >= 4 is 28.5 Å². The first-order valence-corrected chi connectivity index (χ1v) is 6.17. The second-order valence-corrected chi connectivity index (χ2v) is 5.01. The van der Waals surface area contributed by atoms with Crippen LogP contribution in [0.1, 0.15) is 25.8 Å². The Morgan fingerprint density at radius 2 is 2.00 bits per heavy atom. The van der Waals surface area contributed by atoms with Crippen molar-refractivity contribution in [1.29, 1.82) is 0 Å². The van der Waals surface area contributed by atoms with Gasteiger partial charge in [0.2, 0.25) is 5.91 Å². The predicted octanol–water partition coefficient (Wildman–Crippen LogP) is 2.75. The fourth-order valence-electron chi connectivity index (χ4n) is 1.45. The summed E-state index contributed by atoms with van der Waals surface area (Å²) in [6, 6.07) is 8.75. The monoisotopic (exact) mass is 317 g/mol. The van der Waals surface area contributed by atoms with Gasteiger partial charge in [-0.3, -0.25) is 4.79 Å². The number of amides is 1. The van der Waals surface area contributed by atoms with Crippen LogP contribution in [0.4, 0.5) is 0 Å². The molecule has 0 spiro atoms. The first-order valence-electron chi connectivity index (χ1n) is 5.09. The molecule has 3 heteroatoms. The van der Waals surface area contributed by atoms with Gasteiger partial charge in [-0.05, 0) is 60.1 Å². The zero-order valence-electron chi connectivity index (χ0n) is 9.09. The molecule has 15 heavy (non-hydrogen) atoms. The van der Waals surface area contributed by atoms with Gasteiger partial charge in [-0.25, -0.2) is 0 Å². The van der Waals surface area contributed by atoms with Crippen LogP contribution in [-0.2, 0) is 11.2 Å². The molecule has 0 fully saturated rings. The zero-order chi connectivity index (χ0) is 11.3. The summed E-state index contributed by atoms with van der Waals surface area (Å²) in [6.45, 7) is 3.59. The maximum atomic E-state index is 10.8. The highest BCUT2D eigenvalue weighted by Crippen LogP contribution is 2.09. The number of aryl methyl sites for hydroxylation is 1. The Morgan fingerprint density at radius 3 is 2.53 bits per heavy atom. The van der Waals surface area contributed by atoms with Crippen LogP contribution in [0, 0.1) is 3.57 Å². The Balaban J connectivity index is 2.36. The van der Waals surface area contributed by atoms with Crippen molar-refractivity contribution in [3.8, 4) is 0 Å². The molecule has 2 nitrogen and oxygen atoms in total. The van der Waals surface area contributed by atoms with E-state index in [0.717, 1.165) is 12.8 Å². The van der Waals surface area contributed by atoms with E-state index in [-0.39, 0.29) is 11.9 Å². The lowest BCUT2D eigenvalue weighted by atomic mass is 10.1. The molecule has 1 amide bonds. The third kappa shape index (κ3) is 5.16. The third-order valence-electron chi connectivity index (χ3n) is 2.23. The quantitative estimate of drug-likeness (QED) is 0.850. The number of benzene rings is 1. The Labute approximate surface area is 105 Å². The van der Waals surface area contributed by atoms with E-state index in [1.165, 1.54) is 9.13 Å². The Kier molecular flexibility index (Phi) is 5.08. The molecule has 1 aromatic rings. The predicted molar refractivity (Wildman–Crippen MR) is 70.8 cm³/mol. The summed E-state index contributed by atoms with van der Waals surface area (Å²) in [5.74, 6) is 0.0464. The molecule has 1 N–H and O–H groups in total. The summed E-state index contributed by atoms with van der Waals surface area (Å²) in [6.07, 6.45) is 2.00. The van der Waals surface area contributed by atoms with Crippen LogP contribution in [-0.4, -0.2) is 11.9 Å². The molecule has 1 atom stereocenters. The zero-order valence-corrected chi connectivity index (χ0v) is 11.2. The summed E-state index contributed by atoms with van der Waals surface area (Å²) in [5, 5.41) is 2.88. The number of hydrogen-bond donors (Lipinski definition) is 1. The summed E-state index contributed by atoms with van der Waals surface area (Å²) in [5.41, 5.74) is 1.33. The highest BCUT2D eigenvalue weighted by molar-refractivity contribution is 14.1. The first-order chi connectivity index (χ1) is 7.08. The van der Waals surface area contributed by atoms with E-state index in [1.54, 1.807) is 6.92 Å². The Bertz CT molecular complexity index is 321. The van der Waals surface area contributed by atoms with Crippen molar-refractivity contribution in [2.24, 2.45) is 0 Å². The average molecular weight is 317 g/mol. The van der Waals surface area contributed by atoms with E-state index < -0.39 is 0 Å². The summed E-state index contributed by atoms with van der Waals surface area (Å²) in [4.78, 5) is 10.8. The second kappa shape index (κ2) is 6.10. The van der Waals surface area contributed by atoms with Crippen LogP contribution >= 0.6 is 22.6 Å². The van der Waals surface area contributed by atoms with Crippen molar-refractivity contribution in [3.63, 3.8) is 0 Å². The fraction of sp³-hybridized carbons (Fsp3) is 0.417. The summed E-state index contributed by atoms with van der Waals surface area (Å²) in [7, 11) is 0. The Hall–Kier alpha value is -0.580. The minimum atomic E-state index is 0.0464. The van der Waals surface area contributed by atoms with Crippen LogP contribution in [0.25, 0.3) is 0 Å². The number of nitrogens with one attached hydrogen (secondary N) is 1. The second-order valence-electron chi connectivity index (χ2n) is 3.77. The highest BCUT2D eigenvalue weighted by Gasteiger charge is 2.03. The van der Waals surface area contributed by atoms with Crippen LogP contribution in [0.3, 0.4) is 0 Å². The molecule has 1 aromatic carbocycles. The van der Waals surface area contributed by atoms with Crippen molar-refractivity contribution in [1.82, 2.24) is 5.32 Å². The number of carbonyl (C=O) groups excluding carboxylic acids is 1. The van der Waals surface area contributed by atoms with Crippen molar-refractivity contribution in [2.75, 3.05) is 0 Å². The van der Waals surface area contributed by atoms with Gasteiger partial charge in [0, 0.05) is 16.5 Å². The number of carbonyl (C=O) groups is 1. The molecule has 0 aromatic heterocycles. The molecule has 0 saturated heterocycles. The molecule has 1 unspecified atom stereocenters. The molecule has 0 saturated carbocycles. The molecule has 0 bridgehead atoms. The molecule has 0 aliphatic rings. The van der Waals surface area contributed by atoms with Gasteiger partial charge in [0.1, 0.15) is 0 Å². The normalized spacial score (nSPS) is 12.2. The van der Waals surface area contributed by atoms with E-state index in [1.807, 2.05) is 6.92 Å². The molecule has 82 valence electrons. The van der Waals surface area contributed by atoms with Gasteiger partial charge in [0.05, 0.1) is 0 Å². The van der Waals surface area contributed by atoms with Crippen LogP contribution in [0.5, 0.6) is 0 Å². The topological polar surface area (TPSA) is 29.1 Å². The molecule has 1 rings (SSSR count). The van der Waals surface area contributed by atoms with Gasteiger partial charge in [-0.2, -0.15) is 0 Å². The maximum absolute atomic E-state index is 10.8. The van der Waals surface area contributed by atoms with Gasteiger partial charge in [-0.1, -0.05) is 12.1 Å². The van der Waals surface area contributed by atoms with Gasteiger partial charge in [-0.15, -0.1) is 0 Å². The van der Waals surface area contributed by atoms with E-state index in [2.05, 4.69) is 52.2 Å². The lowest BCUT2D eigenvalue weighted by Crippen LogP contribution is -2.30. The van der Waals surface area contributed by atoms with Crippen LogP contribution in [0.2, 0.25) is 0 Å². The van der Waals surface area contributed by atoms with Gasteiger partial charge < -0.3 is 5.32 Å². The largest absolute Gasteiger partial charge is 0.354 e. The van der Waals surface area contributed by atoms with Crippen molar-refractivity contribution in [3.05, 3.63) is 33.4 Å². The number of rotatable bonds is 4. The van der Waals surface area contributed by atoms with E-state index in [9.17, 15) is 4.79 Å². The number of halogens is 1. The van der Waals surface area contributed by atoms with E-state index in [4.69, 9.17) is 0 Å².